The van der Waals surface area contributed by atoms with E-state index in [2.05, 4.69) is 55.4 Å². The minimum Gasteiger partial charge on any atom is -0.0654 e. The molecule has 0 amide bonds. The molecule has 0 heteroatoms. The quantitative estimate of drug-likeness (QED) is 0.0533. The molecule has 87 heavy (non-hydrogen) atoms. The number of rotatable bonds is 78. The molecule has 0 aromatic carbocycles. The summed E-state index contributed by atoms with van der Waals surface area (Å²) in [5, 5.41) is 0. The van der Waals surface area contributed by atoms with E-state index in [1.54, 1.807) is 51.4 Å². The van der Waals surface area contributed by atoms with E-state index in [1.165, 1.54) is 437 Å². The average molecular weight is 1220 g/mol. The summed E-state index contributed by atoms with van der Waals surface area (Å²) in [6, 6.07) is 0. The van der Waals surface area contributed by atoms with Gasteiger partial charge >= 0.3 is 0 Å². The van der Waals surface area contributed by atoms with E-state index in [0.717, 1.165) is 0 Å². The van der Waals surface area contributed by atoms with E-state index < -0.39 is 0 Å². The van der Waals surface area contributed by atoms with E-state index in [1.807, 2.05) is 0 Å². The van der Waals surface area contributed by atoms with Crippen LogP contribution < -0.4 is 0 Å². The molecule has 0 aliphatic carbocycles. The van der Waals surface area contributed by atoms with Gasteiger partial charge in [-0.2, -0.15) is 0 Å². The molecule has 0 N–H and O–H groups in total. The Morgan fingerprint density at radius 1 is 0.103 bits per heavy atom. The molecule has 0 bridgehead atoms. The van der Waals surface area contributed by atoms with Crippen LogP contribution in [0.4, 0.5) is 0 Å². The van der Waals surface area contributed by atoms with Crippen molar-refractivity contribution < 1.29 is 0 Å². The topological polar surface area (TPSA) is 0 Å². The van der Waals surface area contributed by atoms with Gasteiger partial charge in [-0.3, -0.25) is 0 Å². The number of hydrogen-bond acceptors (Lipinski definition) is 0. The molecule has 0 aliphatic heterocycles. The van der Waals surface area contributed by atoms with Gasteiger partial charge < -0.3 is 0 Å². The predicted molar refractivity (Wildman–Crippen MR) is 404 cm³/mol. The van der Waals surface area contributed by atoms with Gasteiger partial charge in [0.15, 0.2) is 0 Å². The SMILES string of the molecule is CCCCCCCCCCCCCCC(CCCCCCCCCCC)(CCCCCCCCCCCC)C(CCCCCCCCC)(CCCCCCCCCC)C(CCCCCCC)(CCCCCCCC)CCCCCCCCCCCCC. The molecule has 524 valence electrons. The van der Waals surface area contributed by atoms with Gasteiger partial charge in [-0.05, 0) is 67.6 Å². The second-order valence-electron chi connectivity index (χ2n) is 30.9. The van der Waals surface area contributed by atoms with Crippen molar-refractivity contribution in [2.24, 2.45) is 16.2 Å². The Morgan fingerprint density at radius 3 is 0.310 bits per heavy atom. The van der Waals surface area contributed by atoms with Gasteiger partial charge in [-0.25, -0.2) is 0 Å². The summed E-state index contributed by atoms with van der Waals surface area (Å²) in [4.78, 5) is 0. The minimum absolute atomic E-state index is 0.468. The summed E-state index contributed by atoms with van der Waals surface area (Å²) in [6.07, 6.45) is 113. The van der Waals surface area contributed by atoms with E-state index >= 15 is 0 Å². The summed E-state index contributed by atoms with van der Waals surface area (Å²) in [5.41, 5.74) is 1.44. The second-order valence-corrected chi connectivity index (χ2v) is 30.9. The molecular weight excluding hydrogens is 1040 g/mol. The van der Waals surface area contributed by atoms with Gasteiger partial charge in [-0.15, -0.1) is 0 Å². The lowest BCUT2D eigenvalue weighted by Gasteiger charge is -2.64. The standard InChI is InChI=1S/C87H176/c1-9-17-25-33-40-45-48-50-54-59-66-74-82-86(80-71-63-56-51-43-36-28-20-12-4,81-73-64-57-52-47-42-35-27-19-11-3)87(83-75-67-55-38-30-22-14-6,84-76-68-60-44-37-29-21-13-5)85(77-69-61-32-24-16-8,78-70-62-39-31-23-15-7)79-72-65-58-53-49-46-41-34-26-18-10-2/h9-84H2,1-8H3. The maximum Gasteiger partial charge on any atom is -0.0184 e. The molecule has 0 radical (unpaired) electrons. The van der Waals surface area contributed by atoms with Crippen molar-refractivity contribution in [3.05, 3.63) is 0 Å². The highest BCUT2D eigenvalue weighted by Crippen LogP contribution is 2.69. The molecule has 0 fully saturated rings. The van der Waals surface area contributed by atoms with Crippen molar-refractivity contribution >= 4 is 0 Å². The third-order valence-electron chi connectivity index (χ3n) is 23.0. The molecule has 0 saturated heterocycles. The first-order valence-corrected chi connectivity index (χ1v) is 43.0. The molecule has 0 nitrogen and oxygen atoms in total. The normalized spacial score (nSPS) is 14.1. The van der Waals surface area contributed by atoms with Crippen LogP contribution in [-0.2, 0) is 0 Å². The number of unbranched alkanes of at least 4 members (excludes halogenated alkanes) is 60. The third-order valence-corrected chi connectivity index (χ3v) is 23.0. The van der Waals surface area contributed by atoms with E-state index in [0.29, 0.717) is 16.2 Å². The Balaban J connectivity index is 8.22. The molecular formula is C87H176. The molecule has 0 aliphatic rings. The zero-order valence-corrected chi connectivity index (χ0v) is 63.2. The van der Waals surface area contributed by atoms with Crippen LogP contribution in [0, 0.1) is 16.2 Å². The van der Waals surface area contributed by atoms with Gasteiger partial charge in [-0.1, -0.05) is 492 Å². The summed E-state index contributed by atoms with van der Waals surface area (Å²) < 4.78 is 0. The fourth-order valence-electron chi connectivity index (χ4n) is 17.3. The average Bonchev–Trinajstić information content (AvgIpc) is 0.772. The lowest BCUT2D eigenvalue weighted by Crippen LogP contribution is -2.54. The van der Waals surface area contributed by atoms with Crippen LogP contribution in [0.3, 0.4) is 0 Å². The Morgan fingerprint density at radius 2 is 0.195 bits per heavy atom. The van der Waals surface area contributed by atoms with Crippen molar-refractivity contribution in [2.75, 3.05) is 0 Å². The Kier molecular flexibility index (Phi) is 70.3. The minimum atomic E-state index is 0.468. The summed E-state index contributed by atoms with van der Waals surface area (Å²) >= 11 is 0. The zero-order valence-electron chi connectivity index (χ0n) is 63.2. The summed E-state index contributed by atoms with van der Waals surface area (Å²) in [7, 11) is 0. The van der Waals surface area contributed by atoms with E-state index in [-0.39, 0.29) is 0 Å². The first kappa shape index (κ1) is 87.0. The largest absolute Gasteiger partial charge is 0.0654 e. The summed E-state index contributed by atoms with van der Waals surface area (Å²) in [5.74, 6) is 0. The van der Waals surface area contributed by atoms with Crippen molar-refractivity contribution in [2.45, 2.75) is 543 Å². The van der Waals surface area contributed by atoms with Gasteiger partial charge in [0.1, 0.15) is 0 Å². The molecule has 0 saturated carbocycles. The number of hydrogen-bond donors (Lipinski definition) is 0. The molecule has 3 unspecified atom stereocenters. The molecule has 0 rings (SSSR count). The van der Waals surface area contributed by atoms with Crippen LogP contribution in [0.2, 0.25) is 0 Å². The van der Waals surface area contributed by atoms with Crippen molar-refractivity contribution in [3.63, 3.8) is 0 Å². The maximum absolute atomic E-state index is 2.47. The van der Waals surface area contributed by atoms with E-state index in [9.17, 15) is 0 Å². The fraction of sp³-hybridized carbons (Fsp3) is 1.00. The van der Waals surface area contributed by atoms with Crippen LogP contribution in [0.15, 0.2) is 0 Å². The second kappa shape index (κ2) is 70.3. The Bertz CT molecular complexity index is 1230. The van der Waals surface area contributed by atoms with Crippen LogP contribution in [0.1, 0.15) is 543 Å². The maximum atomic E-state index is 2.47. The lowest BCUT2D eigenvalue weighted by atomic mass is 9.41. The first-order valence-electron chi connectivity index (χ1n) is 43.0. The van der Waals surface area contributed by atoms with Crippen LogP contribution in [0.25, 0.3) is 0 Å². The highest BCUT2D eigenvalue weighted by Gasteiger charge is 2.59. The van der Waals surface area contributed by atoms with Gasteiger partial charge in [0.25, 0.3) is 0 Å². The smallest absolute Gasteiger partial charge is 0.0184 e. The summed E-state index contributed by atoms with van der Waals surface area (Å²) in [6.45, 7) is 19.3. The Labute approximate surface area is 556 Å². The van der Waals surface area contributed by atoms with Crippen LogP contribution in [0.5, 0.6) is 0 Å². The molecule has 0 spiro atoms. The van der Waals surface area contributed by atoms with Crippen molar-refractivity contribution in [3.8, 4) is 0 Å². The fourth-order valence-corrected chi connectivity index (χ4v) is 17.3. The third kappa shape index (κ3) is 50.2. The van der Waals surface area contributed by atoms with Gasteiger partial charge in [0.2, 0.25) is 0 Å². The Hall–Kier alpha value is 0. The van der Waals surface area contributed by atoms with Gasteiger partial charge in [0, 0.05) is 0 Å². The molecule has 0 aromatic heterocycles. The predicted octanol–water partition coefficient (Wildman–Crippen LogP) is 33.8. The van der Waals surface area contributed by atoms with Gasteiger partial charge in [0.05, 0.1) is 0 Å². The molecule has 0 aromatic rings. The van der Waals surface area contributed by atoms with E-state index in [4.69, 9.17) is 0 Å². The monoisotopic (exact) mass is 1220 g/mol. The molecule has 0 heterocycles. The molecule has 3 atom stereocenters. The first-order chi connectivity index (χ1) is 43.0. The van der Waals surface area contributed by atoms with Crippen molar-refractivity contribution in [1.82, 2.24) is 0 Å². The zero-order chi connectivity index (χ0) is 63.2. The highest BCUT2D eigenvalue weighted by molar-refractivity contribution is 5.09. The van der Waals surface area contributed by atoms with Crippen LogP contribution >= 0.6 is 0 Å². The highest BCUT2D eigenvalue weighted by atomic mass is 14.6. The lowest BCUT2D eigenvalue weighted by molar-refractivity contribution is -0.140. The van der Waals surface area contributed by atoms with Crippen molar-refractivity contribution in [1.29, 1.82) is 0 Å². The van der Waals surface area contributed by atoms with Crippen LogP contribution in [-0.4, -0.2) is 0 Å².